The minimum absolute atomic E-state index is 0.0142. The van der Waals surface area contributed by atoms with Crippen LogP contribution in [0.5, 0.6) is 5.75 Å². The molecule has 1 fully saturated rings. The van der Waals surface area contributed by atoms with E-state index in [1.807, 2.05) is 19.0 Å². The van der Waals surface area contributed by atoms with Gasteiger partial charge in [-0.25, -0.2) is 13.2 Å². The van der Waals surface area contributed by atoms with Gasteiger partial charge >= 0.3 is 6.03 Å². The zero-order chi connectivity index (χ0) is 19.3. The molecule has 2 unspecified atom stereocenters. The molecule has 0 spiro atoms. The van der Waals surface area contributed by atoms with Crippen molar-refractivity contribution in [3.63, 3.8) is 0 Å². The number of ether oxygens (including phenoxy) is 1. The molecule has 1 N–H and O–H groups in total. The Kier molecular flexibility index (Phi) is 7.14. The van der Waals surface area contributed by atoms with E-state index in [4.69, 9.17) is 16.3 Å². The fourth-order valence-electron chi connectivity index (χ4n) is 2.78. The van der Waals surface area contributed by atoms with Crippen molar-refractivity contribution in [2.75, 3.05) is 38.7 Å². The van der Waals surface area contributed by atoms with Crippen LogP contribution in [0.3, 0.4) is 0 Å². The zero-order valence-electron chi connectivity index (χ0n) is 15.3. The first-order chi connectivity index (χ1) is 12.2. The van der Waals surface area contributed by atoms with Crippen LogP contribution in [-0.4, -0.2) is 75.2 Å². The molecule has 146 valence electrons. The van der Waals surface area contributed by atoms with E-state index < -0.39 is 16.1 Å². The highest BCUT2D eigenvalue weighted by Gasteiger charge is 2.35. The molecule has 2 rings (SSSR count). The van der Waals surface area contributed by atoms with Crippen LogP contribution in [0, 0.1) is 0 Å². The Morgan fingerprint density at radius 2 is 1.96 bits per heavy atom. The third kappa shape index (κ3) is 6.34. The Morgan fingerprint density at radius 1 is 1.31 bits per heavy atom. The summed E-state index contributed by atoms with van der Waals surface area (Å²) in [5.74, 6) is 0.728. The molecular formula is C17H26ClN3O4S. The van der Waals surface area contributed by atoms with Crippen LogP contribution in [0.25, 0.3) is 0 Å². The van der Waals surface area contributed by atoms with Gasteiger partial charge in [0.25, 0.3) is 0 Å². The van der Waals surface area contributed by atoms with Gasteiger partial charge in [0, 0.05) is 24.2 Å². The van der Waals surface area contributed by atoms with Crippen molar-refractivity contribution in [1.82, 2.24) is 15.1 Å². The number of sulfone groups is 1. The zero-order valence-corrected chi connectivity index (χ0v) is 16.9. The standard InChI is InChI=1S/C17H26ClN3O4S/c1-13(25-16-6-4-14(18)5-7-16)19-17(22)21(10-9-20(2)3)15-8-11-26(23,24)12-15/h4-7,13,15H,8-12H2,1-3H3,(H,19,22). The van der Waals surface area contributed by atoms with Gasteiger partial charge < -0.3 is 19.9 Å². The number of urea groups is 1. The molecule has 26 heavy (non-hydrogen) atoms. The first kappa shape index (κ1) is 20.8. The highest BCUT2D eigenvalue weighted by Crippen LogP contribution is 2.19. The third-order valence-corrected chi connectivity index (χ3v) is 6.15. The van der Waals surface area contributed by atoms with Gasteiger partial charge in [-0.2, -0.15) is 0 Å². The highest BCUT2D eigenvalue weighted by molar-refractivity contribution is 7.91. The van der Waals surface area contributed by atoms with Gasteiger partial charge in [-0.3, -0.25) is 0 Å². The second kappa shape index (κ2) is 8.92. The minimum Gasteiger partial charge on any atom is -0.471 e. The fourth-order valence-corrected chi connectivity index (χ4v) is 4.64. The summed E-state index contributed by atoms with van der Waals surface area (Å²) in [5.41, 5.74) is 0. The number of rotatable bonds is 7. The molecule has 1 aliphatic heterocycles. The van der Waals surface area contributed by atoms with Gasteiger partial charge in [0.15, 0.2) is 16.1 Å². The van der Waals surface area contributed by atoms with E-state index in [9.17, 15) is 13.2 Å². The van der Waals surface area contributed by atoms with Gasteiger partial charge in [-0.15, -0.1) is 0 Å². The van der Waals surface area contributed by atoms with Crippen molar-refractivity contribution in [2.24, 2.45) is 0 Å². The van der Waals surface area contributed by atoms with Crippen molar-refractivity contribution in [1.29, 1.82) is 0 Å². The van der Waals surface area contributed by atoms with Crippen LogP contribution in [0.2, 0.25) is 5.02 Å². The highest BCUT2D eigenvalue weighted by atomic mass is 35.5. The van der Waals surface area contributed by atoms with Crippen molar-refractivity contribution in [3.8, 4) is 5.75 Å². The first-order valence-electron chi connectivity index (χ1n) is 8.51. The molecule has 1 heterocycles. The van der Waals surface area contributed by atoms with E-state index >= 15 is 0 Å². The first-order valence-corrected chi connectivity index (χ1v) is 10.7. The quantitative estimate of drug-likeness (QED) is 0.702. The van der Waals surface area contributed by atoms with Gasteiger partial charge in [0.05, 0.1) is 11.5 Å². The summed E-state index contributed by atoms with van der Waals surface area (Å²) in [7, 11) is 0.748. The number of nitrogens with one attached hydrogen (secondary N) is 1. The fraction of sp³-hybridized carbons (Fsp3) is 0.588. The van der Waals surface area contributed by atoms with Crippen molar-refractivity contribution < 1.29 is 17.9 Å². The number of likely N-dealkylation sites (N-methyl/N-ethyl adjacent to an activating group) is 1. The van der Waals surface area contributed by atoms with Crippen LogP contribution in [-0.2, 0) is 9.84 Å². The average Bonchev–Trinajstić information content (AvgIpc) is 2.89. The predicted octanol–water partition coefficient (Wildman–Crippen LogP) is 1.83. The Labute approximate surface area is 160 Å². The van der Waals surface area contributed by atoms with Crippen LogP contribution in [0.4, 0.5) is 4.79 Å². The summed E-state index contributed by atoms with van der Waals surface area (Å²) in [6.45, 7) is 2.82. The van der Waals surface area contributed by atoms with E-state index in [0.29, 0.717) is 30.3 Å². The second-order valence-corrected chi connectivity index (χ2v) is 9.38. The van der Waals surface area contributed by atoms with Crippen molar-refractivity contribution >= 4 is 27.5 Å². The molecular weight excluding hydrogens is 378 g/mol. The molecule has 9 heteroatoms. The Morgan fingerprint density at radius 3 is 2.50 bits per heavy atom. The number of carbonyl (C=O) groups is 1. The van der Waals surface area contributed by atoms with Crippen LogP contribution >= 0.6 is 11.6 Å². The van der Waals surface area contributed by atoms with Gasteiger partial charge in [0.2, 0.25) is 0 Å². The van der Waals surface area contributed by atoms with E-state index in [1.54, 1.807) is 36.1 Å². The van der Waals surface area contributed by atoms with E-state index in [1.165, 1.54) is 0 Å². The molecule has 1 saturated heterocycles. The lowest BCUT2D eigenvalue weighted by atomic mass is 10.2. The smallest absolute Gasteiger partial charge is 0.320 e. The van der Waals surface area contributed by atoms with Crippen LogP contribution < -0.4 is 10.1 Å². The Hall–Kier alpha value is -1.51. The number of hydrogen-bond donors (Lipinski definition) is 1. The summed E-state index contributed by atoms with van der Waals surface area (Å²) < 4.78 is 29.3. The molecule has 1 aromatic carbocycles. The number of amides is 2. The van der Waals surface area contributed by atoms with Crippen molar-refractivity contribution in [2.45, 2.75) is 25.6 Å². The molecule has 1 aliphatic rings. The molecule has 2 atom stereocenters. The lowest BCUT2D eigenvalue weighted by Gasteiger charge is -2.31. The Bertz CT molecular complexity index is 709. The second-order valence-electron chi connectivity index (χ2n) is 6.72. The number of nitrogens with zero attached hydrogens (tertiary/aromatic N) is 2. The summed E-state index contributed by atoms with van der Waals surface area (Å²) >= 11 is 5.85. The number of halogens is 1. The number of benzene rings is 1. The normalized spacial score (nSPS) is 20.0. The predicted molar refractivity (Wildman–Crippen MR) is 102 cm³/mol. The molecule has 0 radical (unpaired) electrons. The van der Waals surface area contributed by atoms with Crippen LogP contribution in [0.1, 0.15) is 13.3 Å². The number of carbonyl (C=O) groups excluding carboxylic acids is 1. The molecule has 1 aromatic rings. The summed E-state index contributed by atoms with van der Waals surface area (Å²) in [6.07, 6.45) is -0.0983. The van der Waals surface area contributed by atoms with Gasteiger partial charge in [0.1, 0.15) is 5.75 Å². The summed E-state index contributed by atoms with van der Waals surface area (Å²) in [6, 6.07) is 6.23. The average molecular weight is 404 g/mol. The molecule has 7 nitrogen and oxygen atoms in total. The topological polar surface area (TPSA) is 79.0 Å². The number of hydrogen-bond acceptors (Lipinski definition) is 5. The monoisotopic (exact) mass is 403 g/mol. The van der Waals surface area contributed by atoms with Gasteiger partial charge in [-0.1, -0.05) is 11.6 Å². The lowest BCUT2D eigenvalue weighted by molar-refractivity contribution is 0.139. The molecule has 0 aliphatic carbocycles. The lowest BCUT2D eigenvalue weighted by Crippen LogP contribution is -2.52. The maximum absolute atomic E-state index is 12.7. The van der Waals surface area contributed by atoms with Crippen LogP contribution in [0.15, 0.2) is 24.3 Å². The summed E-state index contributed by atoms with van der Waals surface area (Å²) in [4.78, 5) is 16.3. The molecule has 2 amide bonds. The van der Waals surface area contributed by atoms with E-state index in [0.717, 1.165) is 0 Å². The van der Waals surface area contributed by atoms with Crippen molar-refractivity contribution in [3.05, 3.63) is 29.3 Å². The molecule has 0 aromatic heterocycles. The minimum atomic E-state index is -3.07. The van der Waals surface area contributed by atoms with Gasteiger partial charge in [-0.05, 0) is 51.7 Å². The van der Waals surface area contributed by atoms with E-state index in [-0.39, 0.29) is 23.6 Å². The maximum atomic E-state index is 12.7. The SMILES string of the molecule is CC(NC(=O)N(CCN(C)C)C1CCS(=O)(=O)C1)Oc1ccc(Cl)cc1. The largest absolute Gasteiger partial charge is 0.471 e. The maximum Gasteiger partial charge on any atom is 0.320 e. The molecule has 0 bridgehead atoms. The van der Waals surface area contributed by atoms with E-state index in [2.05, 4.69) is 5.32 Å². The molecule has 0 saturated carbocycles. The Balaban J connectivity index is 1.99. The third-order valence-electron chi connectivity index (χ3n) is 4.15. The summed E-state index contributed by atoms with van der Waals surface area (Å²) in [5, 5.41) is 3.39.